The standard InChI is InChI=1S/C24H31Cl3O5S/c1-5-33(29,30)15-19(28)14-31-20-8-6-17(7-9-20)24(3,4)18-10-21(26)23(22(27)11-18)32-13-16(2)12-25/h6-11,16,19,28H,5,12-15H2,1-4H3. The SMILES string of the molecule is CCS(=O)(=O)CC(O)COc1ccc(C(C)(C)c2cc(Cl)c(OCC(C)CCl)c(Cl)c2)cc1. The maximum Gasteiger partial charge on any atom is 0.156 e. The van der Waals surface area contributed by atoms with E-state index in [-0.39, 0.29) is 24.0 Å². The van der Waals surface area contributed by atoms with Crippen LogP contribution in [-0.4, -0.2) is 50.2 Å². The summed E-state index contributed by atoms with van der Waals surface area (Å²) in [5.74, 6) is 1.31. The minimum atomic E-state index is -3.27. The third kappa shape index (κ3) is 7.93. The summed E-state index contributed by atoms with van der Waals surface area (Å²) in [6.45, 7) is 7.96. The first-order valence-corrected chi connectivity index (χ1v) is 13.8. The Balaban J connectivity index is 2.12. The van der Waals surface area contributed by atoms with Gasteiger partial charge in [0.2, 0.25) is 0 Å². The van der Waals surface area contributed by atoms with Gasteiger partial charge in [0, 0.05) is 23.0 Å². The predicted molar refractivity (Wildman–Crippen MR) is 136 cm³/mol. The number of aliphatic hydroxyl groups is 1. The molecule has 2 aromatic rings. The highest BCUT2D eigenvalue weighted by Gasteiger charge is 2.26. The first kappa shape index (κ1) is 28.1. The van der Waals surface area contributed by atoms with Gasteiger partial charge in [-0.1, -0.05) is 63.0 Å². The molecule has 0 aliphatic heterocycles. The van der Waals surface area contributed by atoms with Crippen molar-refractivity contribution in [3.05, 3.63) is 57.6 Å². The number of halogens is 3. The highest BCUT2D eigenvalue weighted by atomic mass is 35.5. The first-order chi connectivity index (χ1) is 15.4. The van der Waals surface area contributed by atoms with Gasteiger partial charge in [0.25, 0.3) is 0 Å². The largest absolute Gasteiger partial charge is 0.491 e. The Morgan fingerprint density at radius 2 is 1.58 bits per heavy atom. The van der Waals surface area contributed by atoms with Gasteiger partial charge in [-0.2, -0.15) is 0 Å². The second-order valence-corrected chi connectivity index (χ2v) is 12.2. The van der Waals surface area contributed by atoms with Crippen LogP contribution in [0.2, 0.25) is 10.0 Å². The second kappa shape index (κ2) is 12.0. The van der Waals surface area contributed by atoms with Gasteiger partial charge in [0.1, 0.15) is 18.5 Å². The lowest BCUT2D eigenvalue weighted by atomic mass is 9.78. The van der Waals surface area contributed by atoms with E-state index in [1.165, 1.54) is 0 Å². The Bertz CT molecular complexity index is 1000. The summed E-state index contributed by atoms with van der Waals surface area (Å²) in [5.41, 5.74) is 1.51. The maximum absolute atomic E-state index is 11.6. The van der Waals surface area contributed by atoms with Gasteiger partial charge >= 0.3 is 0 Å². The number of hydrogen-bond donors (Lipinski definition) is 1. The number of hydrogen-bond acceptors (Lipinski definition) is 5. The van der Waals surface area contributed by atoms with Crippen molar-refractivity contribution < 1.29 is 23.0 Å². The van der Waals surface area contributed by atoms with Crippen LogP contribution in [0.15, 0.2) is 36.4 Å². The third-order valence-electron chi connectivity index (χ3n) is 5.40. The van der Waals surface area contributed by atoms with Crippen LogP contribution >= 0.6 is 34.8 Å². The van der Waals surface area contributed by atoms with E-state index in [0.29, 0.717) is 34.0 Å². The van der Waals surface area contributed by atoms with E-state index in [1.807, 2.05) is 31.2 Å². The topological polar surface area (TPSA) is 72.8 Å². The maximum atomic E-state index is 11.6. The van der Waals surface area contributed by atoms with Crippen LogP contribution in [-0.2, 0) is 15.3 Å². The van der Waals surface area contributed by atoms with Crippen molar-refractivity contribution >= 4 is 44.6 Å². The molecule has 0 aliphatic carbocycles. The fourth-order valence-corrected chi connectivity index (χ4v) is 4.72. The molecule has 184 valence electrons. The summed E-state index contributed by atoms with van der Waals surface area (Å²) in [6.07, 6.45) is -1.08. The third-order valence-corrected chi connectivity index (χ3v) is 8.26. The average Bonchev–Trinajstić information content (AvgIpc) is 2.76. The van der Waals surface area contributed by atoms with Crippen molar-refractivity contribution in [1.82, 2.24) is 0 Å². The molecule has 5 nitrogen and oxygen atoms in total. The van der Waals surface area contributed by atoms with Gasteiger partial charge in [-0.3, -0.25) is 0 Å². The summed E-state index contributed by atoms with van der Waals surface area (Å²) in [5, 5.41) is 10.8. The van der Waals surface area contributed by atoms with E-state index in [9.17, 15) is 13.5 Å². The van der Waals surface area contributed by atoms with Gasteiger partial charge in [-0.05, 0) is 35.4 Å². The lowest BCUT2D eigenvalue weighted by Crippen LogP contribution is -2.28. The first-order valence-electron chi connectivity index (χ1n) is 10.7. The van der Waals surface area contributed by atoms with E-state index in [0.717, 1.165) is 11.1 Å². The molecule has 0 heterocycles. The molecule has 33 heavy (non-hydrogen) atoms. The number of aliphatic hydroxyl groups excluding tert-OH is 1. The zero-order chi connectivity index (χ0) is 24.8. The summed E-state index contributed by atoms with van der Waals surface area (Å²) in [7, 11) is -3.27. The number of sulfone groups is 1. The molecule has 2 atom stereocenters. The second-order valence-electron chi connectivity index (χ2n) is 8.65. The average molecular weight is 538 g/mol. The summed E-state index contributed by atoms with van der Waals surface area (Å²) >= 11 is 18.8. The molecule has 0 aliphatic rings. The molecule has 0 saturated heterocycles. The van der Waals surface area contributed by atoms with E-state index in [4.69, 9.17) is 44.3 Å². The number of alkyl halides is 1. The van der Waals surface area contributed by atoms with Crippen LogP contribution in [0, 0.1) is 5.92 Å². The van der Waals surface area contributed by atoms with Gasteiger partial charge in [-0.25, -0.2) is 8.42 Å². The zero-order valence-electron chi connectivity index (χ0n) is 19.3. The Labute approximate surface area is 211 Å². The van der Waals surface area contributed by atoms with E-state index in [1.54, 1.807) is 19.1 Å². The van der Waals surface area contributed by atoms with Gasteiger partial charge in [0.15, 0.2) is 15.6 Å². The minimum absolute atomic E-state index is 0.0124. The lowest BCUT2D eigenvalue weighted by Gasteiger charge is -2.27. The van der Waals surface area contributed by atoms with E-state index >= 15 is 0 Å². The van der Waals surface area contributed by atoms with Crippen LogP contribution in [0.1, 0.15) is 38.8 Å². The van der Waals surface area contributed by atoms with Crippen LogP contribution in [0.25, 0.3) is 0 Å². The van der Waals surface area contributed by atoms with Gasteiger partial charge in [0.05, 0.1) is 22.4 Å². The molecule has 2 aromatic carbocycles. The monoisotopic (exact) mass is 536 g/mol. The van der Waals surface area contributed by atoms with Gasteiger partial charge in [-0.15, -0.1) is 11.6 Å². The van der Waals surface area contributed by atoms with Crippen molar-refractivity contribution in [2.75, 3.05) is 30.6 Å². The fourth-order valence-electron chi connectivity index (χ4n) is 3.11. The van der Waals surface area contributed by atoms with Crippen molar-refractivity contribution in [3.8, 4) is 11.5 Å². The number of ether oxygens (including phenoxy) is 2. The van der Waals surface area contributed by atoms with Crippen LogP contribution in [0.5, 0.6) is 11.5 Å². The Kier molecular flexibility index (Phi) is 10.2. The molecule has 0 amide bonds. The van der Waals surface area contributed by atoms with Crippen molar-refractivity contribution in [2.24, 2.45) is 5.92 Å². The molecule has 0 aromatic heterocycles. The summed E-state index contributed by atoms with van der Waals surface area (Å²) < 4.78 is 34.6. The van der Waals surface area contributed by atoms with Crippen LogP contribution in [0.3, 0.4) is 0 Å². The summed E-state index contributed by atoms with van der Waals surface area (Å²) in [4.78, 5) is 0. The van der Waals surface area contributed by atoms with Crippen LogP contribution in [0.4, 0.5) is 0 Å². The molecule has 0 radical (unpaired) electrons. The molecule has 0 spiro atoms. The Morgan fingerprint density at radius 3 is 2.09 bits per heavy atom. The highest BCUT2D eigenvalue weighted by Crippen LogP contribution is 2.40. The summed E-state index contributed by atoms with van der Waals surface area (Å²) in [6, 6.07) is 11.1. The minimum Gasteiger partial charge on any atom is -0.491 e. The smallest absolute Gasteiger partial charge is 0.156 e. The molecule has 9 heteroatoms. The molecular formula is C24H31Cl3O5S. The highest BCUT2D eigenvalue weighted by molar-refractivity contribution is 7.91. The molecule has 2 rings (SSSR count). The fraction of sp³-hybridized carbons (Fsp3) is 0.500. The van der Waals surface area contributed by atoms with Crippen LogP contribution < -0.4 is 9.47 Å². The Morgan fingerprint density at radius 1 is 1.00 bits per heavy atom. The van der Waals surface area contributed by atoms with Crippen molar-refractivity contribution in [1.29, 1.82) is 0 Å². The molecule has 2 unspecified atom stereocenters. The van der Waals surface area contributed by atoms with E-state index in [2.05, 4.69) is 13.8 Å². The van der Waals surface area contributed by atoms with Gasteiger partial charge < -0.3 is 14.6 Å². The molecular weight excluding hydrogens is 507 g/mol. The molecule has 0 bridgehead atoms. The quantitative estimate of drug-likeness (QED) is 0.349. The van der Waals surface area contributed by atoms with Crippen molar-refractivity contribution in [2.45, 2.75) is 39.2 Å². The van der Waals surface area contributed by atoms with Crippen molar-refractivity contribution in [3.63, 3.8) is 0 Å². The molecule has 0 fully saturated rings. The zero-order valence-corrected chi connectivity index (χ0v) is 22.4. The Hall–Kier alpha value is -1.18. The molecule has 1 N–H and O–H groups in total. The predicted octanol–water partition coefficient (Wildman–Crippen LogP) is 5.75. The number of rotatable bonds is 12. The molecule has 0 saturated carbocycles. The number of benzene rings is 2. The normalized spacial score (nSPS) is 14.1. The van der Waals surface area contributed by atoms with E-state index < -0.39 is 21.4 Å². The lowest BCUT2D eigenvalue weighted by molar-refractivity contribution is 0.125.